The molecule has 0 saturated heterocycles. The van der Waals surface area contributed by atoms with E-state index in [1.54, 1.807) is 18.8 Å². The first-order valence-corrected chi connectivity index (χ1v) is 7.48. The number of hydrogen-bond acceptors (Lipinski definition) is 5. The van der Waals surface area contributed by atoms with Gasteiger partial charge in [0, 0.05) is 18.3 Å². The molecule has 6 nitrogen and oxygen atoms in total. The van der Waals surface area contributed by atoms with Crippen LogP contribution in [0.2, 0.25) is 0 Å². The quantitative estimate of drug-likeness (QED) is 0.779. The number of rotatable bonds is 4. The van der Waals surface area contributed by atoms with Crippen molar-refractivity contribution < 1.29 is 0 Å². The van der Waals surface area contributed by atoms with Crippen molar-refractivity contribution in [1.29, 1.82) is 0 Å². The Morgan fingerprint density at radius 3 is 2.89 bits per heavy atom. The zero-order valence-corrected chi connectivity index (χ0v) is 12.3. The first-order chi connectivity index (χ1) is 9.02. The molecule has 1 fully saturated rings. The molecule has 3 atom stereocenters. The smallest absolute Gasteiger partial charge is 0.314 e. The average molecular weight is 284 g/mol. The van der Waals surface area contributed by atoms with E-state index in [-0.39, 0.29) is 0 Å². The van der Waals surface area contributed by atoms with Gasteiger partial charge in [0.05, 0.1) is 0 Å². The molecule has 1 heterocycles. The molecular weight excluding hydrogens is 264 g/mol. The van der Waals surface area contributed by atoms with Crippen molar-refractivity contribution in [2.24, 2.45) is 13.0 Å². The van der Waals surface area contributed by atoms with Gasteiger partial charge in [0.1, 0.15) is 0 Å². The summed E-state index contributed by atoms with van der Waals surface area (Å²) in [5, 5.41) is 6.97. The van der Waals surface area contributed by atoms with Crippen molar-refractivity contribution in [1.82, 2.24) is 20.1 Å². The van der Waals surface area contributed by atoms with E-state index >= 15 is 0 Å². The van der Waals surface area contributed by atoms with Crippen molar-refractivity contribution in [3.05, 3.63) is 20.7 Å². The number of aryl methyl sites for hydroxylation is 1. The summed E-state index contributed by atoms with van der Waals surface area (Å²) in [6, 6.07) is 0.530. The van der Waals surface area contributed by atoms with Crippen LogP contribution >= 0.6 is 11.8 Å². The van der Waals surface area contributed by atoms with Crippen LogP contribution in [0.25, 0.3) is 0 Å². The molecule has 2 N–H and O–H groups in total. The molecule has 1 saturated carbocycles. The lowest BCUT2D eigenvalue weighted by molar-refractivity contribution is 0.441. The van der Waals surface area contributed by atoms with Gasteiger partial charge in [-0.15, -0.1) is 0 Å². The summed E-state index contributed by atoms with van der Waals surface area (Å²) in [7, 11) is 1.71. The van der Waals surface area contributed by atoms with Crippen molar-refractivity contribution in [3.63, 3.8) is 0 Å². The SMILES string of the molecule is CCNC1CCC(Sc2nc(=O)c(=O)[nH]n2C)C1C. The first kappa shape index (κ1) is 14.3. The summed E-state index contributed by atoms with van der Waals surface area (Å²) >= 11 is 1.58. The van der Waals surface area contributed by atoms with Crippen LogP contribution < -0.4 is 16.4 Å². The van der Waals surface area contributed by atoms with E-state index in [1.165, 1.54) is 4.68 Å². The van der Waals surface area contributed by atoms with Gasteiger partial charge in [0.2, 0.25) is 0 Å². The molecule has 1 aliphatic carbocycles. The molecule has 0 bridgehead atoms. The summed E-state index contributed by atoms with van der Waals surface area (Å²) in [6.07, 6.45) is 2.24. The Kier molecular flexibility index (Phi) is 4.46. The van der Waals surface area contributed by atoms with Gasteiger partial charge in [-0.3, -0.25) is 19.4 Å². The van der Waals surface area contributed by atoms with Crippen LogP contribution in [-0.4, -0.2) is 32.6 Å². The zero-order valence-electron chi connectivity index (χ0n) is 11.5. The Balaban J connectivity index is 2.12. The first-order valence-electron chi connectivity index (χ1n) is 6.60. The van der Waals surface area contributed by atoms with Gasteiger partial charge >= 0.3 is 11.1 Å². The van der Waals surface area contributed by atoms with Crippen molar-refractivity contribution in [2.75, 3.05) is 6.54 Å². The summed E-state index contributed by atoms with van der Waals surface area (Å²) in [5.74, 6) is 0.522. The Morgan fingerprint density at radius 2 is 2.21 bits per heavy atom. The molecule has 106 valence electrons. The number of aromatic amines is 1. The highest BCUT2D eigenvalue weighted by molar-refractivity contribution is 7.99. The molecule has 0 amide bonds. The topological polar surface area (TPSA) is 79.8 Å². The van der Waals surface area contributed by atoms with Gasteiger partial charge in [-0.25, -0.2) is 0 Å². The van der Waals surface area contributed by atoms with Crippen LogP contribution in [0.5, 0.6) is 0 Å². The van der Waals surface area contributed by atoms with E-state index in [0.717, 1.165) is 19.4 Å². The summed E-state index contributed by atoms with van der Waals surface area (Å²) < 4.78 is 1.53. The van der Waals surface area contributed by atoms with E-state index in [4.69, 9.17) is 0 Å². The van der Waals surface area contributed by atoms with E-state index in [0.29, 0.717) is 22.4 Å². The molecule has 3 unspecified atom stereocenters. The standard InChI is InChI=1S/C12H20N4O2S/c1-4-13-8-5-6-9(7(8)2)19-12-14-10(17)11(18)15-16(12)3/h7-9,13H,4-6H2,1-3H3,(H,15,18). The Bertz CT molecular complexity index is 553. The van der Waals surface area contributed by atoms with E-state index < -0.39 is 11.1 Å². The third-order valence-electron chi connectivity index (χ3n) is 3.65. The van der Waals surface area contributed by atoms with Gasteiger partial charge in [-0.2, -0.15) is 4.98 Å². The van der Waals surface area contributed by atoms with Crippen LogP contribution in [0, 0.1) is 5.92 Å². The molecule has 0 spiro atoms. The fraction of sp³-hybridized carbons (Fsp3) is 0.750. The van der Waals surface area contributed by atoms with Crippen molar-refractivity contribution >= 4 is 11.8 Å². The maximum absolute atomic E-state index is 11.3. The highest BCUT2D eigenvalue weighted by Gasteiger charge is 2.33. The van der Waals surface area contributed by atoms with Crippen LogP contribution in [-0.2, 0) is 7.05 Å². The van der Waals surface area contributed by atoms with Gasteiger partial charge in [0.25, 0.3) is 0 Å². The van der Waals surface area contributed by atoms with Crippen LogP contribution in [0.1, 0.15) is 26.7 Å². The molecule has 1 aromatic heterocycles. The van der Waals surface area contributed by atoms with E-state index in [9.17, 15) is 9.59 Å². The minimum absolute atomic E-state index is 0.424. The monoisotopic (exact) mass is 284 g/mol. The number of hydrogen-bond donors (Lipinski definition) is 2. The zero-order chi connectivity index (χ0) is 14.0. The fourth-order valence-electron chi connectivity index (χ4n) is 2.55. The number of thioether (sulfide) groups is 1. The highest BCUT2D eigenvalue weighted by Crippen LogP contribution is 2.37. The highest BCUT2D eigenvalue weighted by atomic mass is 32.2. The summed E-state index contributed by atoms with van der Waals surface area (Å²) in [5.41, 5.74) is -1.38. The third-order valence-corrected chi connectivity index (χ3v) is 5.20. The summed E-state index contributed by atoms with van der Waals surface area (Å²) in [4.78, 5) is 26.3. The molecule has 1 aliphatic rings. The molecule has 7 heteroatoms. The second-order valence-electron chi connectivity index (χ2n) is 4.96. The fourth-order valence-corrected chi connectivity index (χ4v) is 3.81. The van der Waals surface area contributed by atoms with Gasteiger partial charge in [-0.05, 0) is 25.3 Å². The van der Waals surface area contributed by atoms with Gasteiger partial charge < -0.3 is 5.32 Å². The lowest BCUT2D eigenvalue weighted by atomic mass is 10.1. The van der Waals surface area contributed by atoms with Crippen molar-refractivity contribution in [2.45, 2.75) is 43.1 Å². The predicted molar refractivity (Wildman–Crippen MR) is 75.6 cm³/mol. The lowest BCUT2D eigenvalue weighted by Gasteiger charge is -2.21. The maximum Gasteiger partial charge on any atom is 0.339 e. The van der Waals surface area contributed by atoms with Crippen LogP contribution in [0.3, 0.4) is 0 Å². The van der Waals surface area contributed by atoms with Crippen molar-refractivity contribution in [3.8, 4) is 0 Å². The van der Waals surface area contributed by atoms with Crippen LogP contribution in [0.15, 0.2) is 14.7 Å². The molecule has 1 aromatic rings. The summed E-state index contributed by atoms with van der Waals surface area (Å²) in [6.45, 7) is 5.31. The average Bonchev–Trinajstić information content (AvgIpc) is 2.69. The Hall–Kier alpha value is -1.08. The molecule has 19 heavy (non-hydrogen) atoms. The van der Waals surface area contributed by atoms with E-state index in [2.05, 4.69) is 29.2 Å². The second-order valence-corrected chi connectivity index (χ2v) is 6.16. The number of H-pyrrole nitrogens is 1. The molecular formula is C12H20N4O2S. The largest absolute Gasteiger partial charge is 0.339 e. The second kappa shape index (κ2) is 5.92. The maximum atomic E-state index is 11.3. The normalized spacial score (nSPS) is 26.8. The minimum Gasteiger partial charge on any atom is -0.314 e. The molecule has 0 aromatic carbocycles. The minimum atomic E-state index is -0.713. The molecule has 0 radical (unpaired) electrons. The van der Waals surface area contributed by atoms with Crippen LogP contribution in [0.4, 0.5) is 0 Å². The van der Waals surface area contributed by atoms with Gasteiger partial charge in [-0.1, -0.05) is 25.6 Å². The Labute approximate surface area is 116 Å². The van der Waals surface area contributed by atoms with Gasteiger partial charge in [0.15, 0.2) is 5.16 Å². The molecule has 2 rings (SSSR count). The van der Waals surface area contributed by atoms with E-state index in [1.807, 2.05) is 0 Å². The predicted octanol–water partition coefficient (Wildman–Crippen LogP) is 0.337. The number of nitrogens with zero attached hydrogens (tertiary/aromatic N) is 2. The molecule has 0 aliphatic heterocycles. The Morgan fingerprint density at radius 1 is 1.47 bits per heavy atom. The number of aromatic nitrogens is 3. The lowest BCUT2D eigenvalue weighted by Crippen LogP contribution is -2.35. The third kappa shape index (κ3) is 3.09. The number of nitrogens with one attached hydrogen (secondary N) is 2.